The minimum atomic E-state index is -0.861. The van der Waals surface area contributed by atoms with Crippen LogP contribution in [0.15, 0.2) is 35.0 Å². The van der Waals surface area contributed by atoms with Gasteiger partial charge in [0.25, 0.3) is 0 Å². The van der Waals surface area contributed by atoms with Crippen LogP contribution >= 0.6 is 11.3 Å². The monoisotopic (exact) mass is 571 g/mol. The minimum Gasteiger partial charge on any atom is -0.368 e. The second-order valence-electron chi connectivity index (χ2n) is 10.8. The average molecular weight is 572 g/mol. The van der Waals surface area contributed by atoms with Gasteiger partial charge in [-0.1, -0.05) is 39.8 Å². The van der Waals surface area contributed by atoms with Gasteiger partial charge >= 0.3 is 0 Å². The van der Waals surface area contributed by atoms with Gasteiger partial charge in [0.05, 0.1) is 23.5 Å². The van der Waals surface area contributed by atoms with E-state index >= 15 is 0 Å². The van der Waals surface area contributed by atoms with Crippen molar-refractivity contribution in [3.8, 4) is 0 Å². The van der Waals surface area contributed by atoms with Crippen molar-refractivity contribution in [3.05, 3.63) is 46.2 Å². The number of carbonyl (C=O) groups is 4. The van der Waals surface area contributed by atoms with Crippen LogP contribution in [0.4, 0.5) is 11.4 Å². The van der Waals surface area contributed by atoms with E-state index in [4.69, 9.17) is 11.5 Å². The van der Waals surface area contributed by atoms with E-state index in [9.17, 15) is 19.2 Å². The number of nitrogens with one attached hydrogen (secondary N) is 1. The summed E-state index contributed by atoms with van der Waals surface area (Å²) in [6, 6.07) is 7.29. The van der Waals surface area contributed by atoms with Gasteiger partial charge in [0.15, 0.2) is 0 Å². The Bertz CT molecular complexity index is 1160. The number of carbonyl (C=O) groups excluding carboxylic acids is 4. The van der Waals surface area contributed by atoms with Gasteiger partial charge in [0.2, 0.25) is 23.6 Å². The maximum Gasteiger partial charge on any atom is 0.250 e. The van der Waals surface area contributed by atoms with Gasteiger partial charge in [-0.05, 0) is 66.6 Å². The molecule has 1 atom stereocenters. The highest BCUT2D eigenvalue weighted by Crippen LogP contribution is 2.40. The zero-order valence-corrected chi connectivity index (χ0v) is 25.5. The Morgan fingerprint density at radius 2 is 1.85 bits per heavy atom. The van der Waals surface area contributed by atoms with Gasteiger partial charge in [-0.3, -0.25) is 19.2 Å². The molecule has 1 unspecified atom stereocenters. The maximum absolute atomic E-state index is 13.5. The summed E-state index contributed by atoms with van der Waals surface area (Å²) in [6.45, 7) is 12.4. The lowest BCUT2D eigenvalue weighted by Gasteiger charge is -2.37. The van der Waals surface area contributed by atoms with Crippen LogP contribution < -0.4 is 26.6 Å². The second kappa shape index (κ2) is 14.9. The van der Waals surface area contributed by atoms with Crippen molar-refractivity contribution in [2.75, 3.05) is 16.3 Å². The van der Waals surface area contributed by atoms with Crippen LogP contribution in [0.2, 0.25) is 0 Å². The van der Waals surface area contributed by atoms with Gasteiger partial charge in [-0.15, -0.1) is 0 Å². The van der Waals surface area contributed by atoms with E-state index in [0.29, 0.717) is 38.3 Å². The Kier molecular flexibility index (Phi) is 12.3. The van der Waals surface area contributed by atoms with Crippen LogP contribution in [0, 0.1) is 5.92 Å². The van der Waals surface area contributed by atoms with Crippen molar-refractivity contribution in [1.82, 2.24) is 5.32 Å². The number of anilines is 2. The van der Waals surface area contributed by atoms with E-state index in [-0.39, 0.29) is 17.7 Å². The molecule has 40 heavy (non-hydrogen) atoms. The lowest BCUT2D eigenvalue weighted by Crippen LogP contribution is -2.53. The van der Waals surface area contributed by atoms with Crippen molar-refractivity contribution < 1.29 is 19.2 Å². The summed E-state index contributed by atoms with van der Waals surface area (Å²) >= 11 is 1.59. The molecule has 2 aliphatic heterocycles. The van der Waals surface area contributed by atoms with Gasteiger partial charge < -0.3 is 26.6 Å². The summed E-state index contributed by atoms with van der Waals surface area (Å²) in [5, 5.41) is 6.99. The lowest BCUT2D eigenvalue weighted by atomic mass is 9.94. The number of hydrogen-bond donors (Lipinski definition) is 3. The topological polar surface area (TPSA) is 139 Å². The molecule has 0 bridgehead atoms. The number of rotatable bonds is 8. The number of amides is 4. The van der Waals surface area contributed by atoms with E-state index in [0.717, 1.165) is 35.3 Å². The molecule has 0 spiro atoms. The summed E-state index contributed by atoms with van der Waals surface area (Å²) in [5.74, 6) is -0.148. The van der Waals surface area contributed by atoms with Crippen molar-refractivity contribution in [2.24, 2.45) is 17.4 Å². The first-order valence-electron chi connectivity index (χ1n) is 14.0. The zero-order valence-electron chi connectivity index (χ0n) is 24.7. The number of hydrogen-bond acceptors (Lipinski definition) is 6. The molecule has 9 nitrogen and oxygen atoms in total. The van der Waals surface area contributed by atoms with Crippen molar-refractivity contribution in [1.29, 1.82) is 0 Å². The molecule has 220 valence electrons. The predicted octanol–water partition coefficient (Wildman–Crippen LogP) is 4.12. The van der Waals surface area contributed by atoms with E-state index in [1.54, 1.807) is 35.0 Å². The Balaban J connectivity index is 0.000000545. The molecule has 2 aromatic rings. The Labute approximate surface area is 242 Å². The van der Waals surface area contributed by atoms with Crippen molar-refractivity contribution in [3.63, 3.8) is 0 Å². The molecule has 4 rings (SSSR count). The SMILES string of the molecule is CC.CC(C)(N)C(N)=O.CC(C)CCC(=O)NC1Cc2cccc(N3CCCC3=O)c2N(Cc2ccsc2)C1=O. The molecule has 1 aromatic heterocycles. The van der Waals surface area contributed by atoms with E-state index < -0.39 is 17.5 Å². The smallest absolute Gasteiger partial charge is 0.250 e. The normalized spacial score (nSPS) is 16.6. The van der Waals surface area contributed by atoms with Crippen LogP contribution in [0.1, 0.15) is 78.4 Å². The Morgan fingerprint density at radius 3 is 2.38 bits per heavy atom. The van der Waals surface area contributed by atoms with Crippen LogP contribution in [-0.2, 0) is 32.1 Å². The third-order valence-corrected chi connectivity index (χ3v) is 7.29. The molecule has 1 fully saturated rings. The first-order valence-corrected chi connectivity index (χ1v) is 15.0. The van der Waals surface area contributed by atoms with E-state index in [1.165, 1.54) is 0 Å². The molecule has 4 amide bonds. The van der Waals surface area contributed by atoms with Gasteiger partial charge in [0, 0.05) is 25.8 Å². The van der Waals surface area contributed by atoms with Gasteiger partial charge in [-0.2, -0.15) is 11.3 Å². The fourth-order valence-corrected chi connectivity index (χ4v) is 4.96. The van der Waals surface area contributed by atoms with Crippen molar-refractivity contribution >= 4 is 46.3 Å². The first kappa shape index (κ1) is 33.0. The van der Waals surface area contributed by atoms with Crippen molar-refractivity contribution in [2.45, 2.75) is 91.8 Å². The largest absolute Gasteiger partial charge is 0.368 e. The maximum atomic E-state index is 13.5. The number of fused-ring (bicyclic) bond motifs is 1. The highest BCUT2D eigenvalue weighted by Gasteiger charge is 2.37. The summed E-state index contributed by atoms with van der Waals surface area (Å²) in [6.07, 6.45) is 3.02. The number of para-hydroxylation sites is 1. The van der Waals surface area contributed by atoms with Crippen LogP contribution in [-0.4, -0.2) is 41.8 Å². The number of thiophene rings is 1. The highest BCUT2D eigenvalue weighted by molar-refractivity contribution is 7.07. The standard InChI is InChI=1S/C24H29N3O3S.C4H10N2O.C2H6/c1-16(2)8-9-21(28)25-19-13-18-5-3-6-20(26-11-4-7-22(26)29)23(18)27(24(19)30)14-17-10-12-31-15-17;1-4(2,6)3(5)7;1-2/h3,5-6,10,12,15-16,19H,4,7-9,11,13-14H2,1-2H3,(H,25,28);6H2,1-2H3,(H2,5,7);1-2H3. The number of benzene rings is 1. The molecule has 5 N–H and O–H groups in total. The minimum absolute atomic E-state index is 0.0862. The third-order valence-electron chi connectivity index (χ3n) is 6.56. The molecule has 10 heteroatoms. The second-order valence-corrected chi connectivity index (χ2v) is 11.6. The molecular weight excluding hydrogens is 526 g/mol. The fourth-order valence-electron chi connectivity index (χ4n) is 4.30. The molecular formula is C30H45N5O4S. The molecule has 0 radical (unpaired) electrons. The zero-order chi connectivity index (χ0) is 30.0. The molecule has 1 aromatic carbocycles. The van der Waals surface area contributed by atoms with Gasteiger partial charge in [0.1, 0.15) is 6.04 Å². The van der Waals surface area contributed by atoms with Crippen LogP contribution in [0.3, 0.4) is 0 Å². The number of nitrogens with two attached hydrogens (primary N) is 2. The molecule has 3 heterocycles. The Morgan fingerprint density at radius 1 is 1.18 bits per heavy atom. The number of primary amides is 1. The summed E-state index contributed by atoms with van der Waals surface area (Å²) < 4.78 is 0. The third kappa shape index (κ3) is 8.89. The lowest BCUT2D eigenvalue weighted by molar-refractivity contribution is -0.128. The fraction of sp³-hybridized carbons (Fsp3) is 0.533. The summed E-state index contributed by atoms with van der Waals surface area (Å²) in [7, 11) is 0. The molecule has 1 saturated heterocycles. The summed E-state index contributed by atoms with van der Waals surface area (Å²) in [5.41, 5.74) is 12.8. The van der Waals surface area contributed by atoms with E-state index in [2.05, 4.69) is 19.2 Å². The average Bonchev–Trinajstić information content (AvgIpc) is 3.57. The number of nitrogens with zero attached hydrogens (tertiary/aromatic N) is 2. The first-order chi connectivity index (χ1) is 18.9. The summed E-state index contributed by atoms with van der Waals surface area (Å²) in [4.78, 5) is 52.2. The quantitative estimate of drug-likeness (QED) is 0.437. The van der Waals surface area contributed by atoms with Crippen LogP contribution in [0.25, 0.3) is 0 Å². The van der Waals surface area contributed by atoms with Gasteiger partial charge in [-0.25, -0.2) is 0 Å². The highest BCUT2D eigenvalue weighted by atomic mass is 32.1. The Hall–Kier alpha value is -3.24. The predicted molar refractivity (Wildman–Crippen MR) is 162 cm³/mol. The molecule has 0 aliphatic carbocycles. The van der Waals surface area contributed by atoms with Crippen LogP contribution in [0.5, 0.6) is 0 Å². The molecule has 2 aliphatic rings. The van der Waals surface area contributed by atoms with E-state index in [1.807, 2.05) is 48.9 Å². The molecule has 0 saturated carbocycles.